The zero-order valence-corrected chi connectivity index (χ0v) is 14.5. The van der Waals surface area contributed by atoms with Crippen molar-refractivity contribution in [2.24, 2.45) is 0 Å². The Morgan fingerprint density at radius 3 is 2.38 bits per heavy atom. The predicted molar refractivity (Wildman–Crippen MR) is 87.5 cm³/mol. The highest BCUT2D eigenvalue weighted by molar-refractivity contribution is 5.76. The van der Waals surface area contributed by atoms with Crippen LogP contribution < -0.4 is 4.90 Å². The molecule has 1 aliphatic heterocycles. The van der Waals surface area contributed by atoms with Crippen molar-refractivity contribution >= 4 is 11.7 Å². The standard InChI is InChI=1S/C16H19F3N6O/c1-11-12(2)25(22-15(11)16(17,18)19)10-14(26)24-7-5-23(6-8-24)13-9-20-3-4-21-13/h3-4,9H,5-8,10H2,1-2H3. The van der Waals surface area contributed by atoms with Gasteiger partial charge in [0.15, 0.2) is 5.69 Å². The van der Waals surface area contributed by atoms with Crippen molar-refractivity contribution in [3.05, 3.63) is 35.5 Å². The number of piperazine rings is 1. The lowest BCUT2D eigenvalue weighted by atomic mass is 10.2. The van der Waals surface area contributed by atoms with E-state index in [0.717, 1.165) is 10.5 Å². The highest BCUT2D eigenvalue weighted by atomic mass is 19.4. The molecule has 0 aromatic carbocycles. The minimum atomic E-state index is -4.52. The summed E-state index contributed by atoms with van der Waals surface area (Å²) in [5.41, 5.74) is -0.531. The minimum absolute atomic E-state index is 0.0535. The average Bonchev–Trinajstić information content (AvgIpc) is 2.91. The van der Waals surface area contributed by atoms with Gasteiger partial charge in [-0.15, -0.1) is 0 Å². The molecule has 0 saturated carbocycles. The van der Waals surface area contributed by atoms with Crippen LogP contribution in [0.5, 0.6) is 0 Å². The molecule has 1 aliphatic rings. The van der Waals surface area contributed by atoms with Crippen LogP contribution in [0, 0.1) is 13.8 Å². The molecule has 2 aromatic heterocycles. The quantitative estimate of drug-likeness (QED) is 0.824. The number of carbonyl (C=O) groups is 1. The van der Waals surface area contributed by atoms with Gasteiger partial charge in [-0.05, 0) is 13.8 Å². The Bertz CT molecular complexity index is 781. The molecular weight excluding hydrogens is 349 g/mol. The number of nitrogens with zero attached hydrogens (tertiary/aromatic N) is 6. The molecule has 0 bridgehead atoms. The summed E-state index contributed by atoms with van der Waals surface area (Å²) in [6, 6.07) is 0. The molecule has 0 N–H and O–H groups in total. The van der Waals surface area contributed by atoms with E-state index in [1.54, 1.807) is 23.5 Å². The summed E-state index contributed by atoms with van der Waals surface area (Å²) in [5.74, 6) is 0.496. The van der Waals surface area contributed by atoms with Crippen LogP contribution in [-0.2, 0) is 17.5 Å². The van der Waals surface area contributed by atoms with Crippen molar-refractivity contribution in [3.8, 4) is 0 Å². The SMILES string of the molecule is Cc1c(C(F)(F)F)nn(CC(=O)N2CCN(c3cnccn3)CC2)c1C. The fourth-order valence-corrected chi connectivity index (χ4v) is 2.93. The fourth-order valence-electron chi connectivity index (χ4n) is 2.93. The summed E-state index contributed by atoms with van der Waals surface area (Å²) in [7, 11) is 0. The van der Waals surface area contributed by atoms with Crippen LogP contribution in [0.25, 0.3) is 0 Å². The minimum Gasteiger partial charge on any atom is -0.352 e. The molecule has 3 rings (SSSR count). The van der Waals surface area contributed by atoms with Crippen LogP contribution >= 0.6 is 0 Å². The number of carbonyl (C=O) groups excluding carboxylic acids is 1. The number of amides is 1. The molecule has 1 saturated heterocycles. The largest absolute Gasteiger partial charge is 0.435 e. The zero-order valence-electron chi connectivity index (χ0n) is 14.5. The summed E-state index contributed by atoms with van der Waals surface area (Å²) in [6.07, 6.45) is 0.332. The van der Waals surface area contributed by atoms with E-state index in [4.69, 9.17) is 0 Å². The molecule has 0 unspecified atom stereocenters. The molecule has 26 heavy (non-hydrogen) atoms. The van der Waals surface area contributed by atoms with E-state index in [-0.39, 0.29) is 18.0 Å². The summed E-state index contributed by atoms with van der Waals surface area (Å²) in [4.78, 5) is 24.4. The maximum atomic E-state index is 13.0. The van der Waals surface area contributed by atoms with E-state index in [1.165, 1.54) is 13.8 Å². The van der Waals surface area contributed by atoms with Crippen LogP contribution in [0.2, 0.25) is 0 Å². The number of alkyl halides is 3. The van der Waals surface area contributed by atoms with E-state index in [2.05, 4.69) is 15.1 Å². The molecule has 0 atom stereocenters. The van der Waals surface area contributed by atoms with E-state index in [1.807, 2.05) is 4.90 Å². The van der Waals surface area contributed by atoms with Gasteiger partial charge in [-0.3, -0.25) is 14.5 Å². The first-order valence-electron chi connectivity index (χ1n) is 8.17. The van der Waals surface area contributed by atoms with Crippen LogP contribution in [-0.4, -0.2) is 56.7 Å². The van der Waals surface area contributed by atoms with Gasteiger partial charge in [-0.1, -0.05) is 0 Å². The molecule has 2 aromatic rings. The summed E-state index contributed by atoms with van der Waals surface area (Å²) in [5, 5.41) is 3.59. The second-order valence-electron chi connectivity index (χ2n) is 6.15. The molecule has 1 amide bonds. The van der Waals surface area contributed by atoms with Crippen LogP contribution in [0.15, 0.2) is 18.6 Å². The van der Waals surface area contributed by atoms with Gasteiger partial charge in [0.25, 0.3) is 0 Å². The van der Waals surface area contributed by atoms with Crippen LogP contribution in [0.4, 0.5) is 19.0 Å². The lowest BCUT2D eigenvalue weighted by Gasteiger charge is -2.35. The Kier molecular flexibility index (Phi) is 4.84. The molecule has 0 spiro atoms. The Labute approximate surface area is 148 Å². The van der Waals surface area contributed by atoms with Gasteiger partial charge in [0, 0.05) is 49.8 Å². The van der Waals surface area contributed by atoms with Gasteiger partial charge < -0.3 is 9.80 Å². The zero-order chi connectivity index (χ0) is 18.9. The fraction of sp³-hybridized carbons (Fsp3) is 0.500. The predicted octanol–water partition coefficient (Wildman–Crippen LogP) is 1.66. The highest BCUT2D eigenvalue weighted by Crippen LogP contribution is 2.31. The maximum Gasteiger partial charge on any atom is 0.435 e. The number of hydrogen-bond donors (Lipinski definition) is 0. The summed E-state index contributed by atoms with van der Waals surface area (Å²) < 4.78 is 40.0. The molecular formula is C16H19F3N6O. The summed E-state index contributed by atoms with van der Waals surface area (Å²) in [6.45, 7) is 4.84. The monoisotopic (exact) mass is 368 g/mol. The second-order valence-corrected chi connectivity index (χ2v) is 6.15. The Hall–Kier alpha value is -2.65. The highest BCUT2D eigenvalue weighted by Gasteiger charge is 2.37. The number of aromatic nitrogens is 4. The van der Waals surface area contributed by atoms with Crippen molar-refractivity contribution in [3.63, 3.8) is 0 Å². The molecule has 10 heteroatoms. The normalized spacial score (nSPS) is 15.4. The Morgan fingerprint density at radius 2 is 1.85 bits per heavy atom. The summed E-state index contributed by atoms with van der Waals surface area (Å²) >= 11 is 0. The third-order valence-corrected chi connectivity index (χ3v) is 4.57. The van der Waals surface area contributed by atoms with Crippen LogP contribution in [0.3, 0.4) is 0 Å². The second kappa shape index (κ2) is 6.93. The van der Waals surface area contributed by atoms with Gasteiger partial charge in [0.1, 0.15) is 12.4 Å². The molecule has 0 radical (unpaired) electrons. The average molecular weight is 368 g/mol. The smallest absolute Gasteiger partial charge is 0.352 e. The Morgan fingerprint density at radius 1 is 1.15 bits per heavy atom. The number of hydrogen-bond acceptors (Lipinski definition) is 5. The number of anilines is 1. The first kappa shape index (κ1) is 18.2. The van der Waals surface area contributed by atoms with Gasteiger partial charge in [0.2, 0.25) is 5.91 Å². The first-order chi connectivity index (χ1) is 12.3. The van der Waals surface area contributed by atoms with Crippen molar-refractivity contribution in [2.45, 2.75) is 26.6 Å². The molecule has 1 fully saturated rings. The van der Waals surface area contributed by atoms with E-state index in [9.17, 15) is 18.0 Å². The van der Waals surface area contributed by atoms with Crippen molar-refractivity contribution in [2.75, 3.05) is 31.1 Å². The maximum absolute atomic E-state index is 13.0. The van der Waals surface area contributed by atoms with Crippen molar-refractivity contribution in [1.29, 1.82) is 0 Å². The van der Waals surface area contributed by atoms with Gasteiger partial charge in [-0.2, -0.15) is 18.3 Å². The Balaban J connectivity index is 1.63. The van der Waals surface area contributed by atoms with E-state index >= 15 is 0 Å². The van der Waals surface area contributed by atoms with Gasteiger partial charge in [0.05, 0.1) is 6.20 Å². The van der Waals surface area contributed by atoms with E-state index in [0.29, 0.717) is 31.9 Å². The molecule has 140 valence electrons. The van der Waals surface area contributed by atoms with Gasteiger partial charge >= 0.3 is 6.18 Å². The number of halogens is 3. The number of rotatable bonds is 3. The molecule has 3 heterocycles. The lowest BCUT2D eigenvalue weighted by Crippen LogP contribution is -2.50. The third kappa shape index (κ3) is 3.63. The van der Waals surface area contributed by atoms with E-state index < -0.39 is 11.9 Å². The third-order valence-electron chi connectivity index (χ3n) is 4.57. The first-order valence-corrected chi connectivity index (χ1v) is 8.17. The van der Waals surface area contributed by atoms with Crippen LogP contribution in [0.1, 0.15) is 17.0 Å². The molecule has 7 nitrogen and oxygen atoms in total. The van der Waals surface area contributed by atoms with Gasteiger partial charge in [-0.25, -0.2) is 4.98 Å². The van der Waals surface area contributed by atoms with Crippen molar-refractivity contribution in [1.82, 2.24) is 24.6 Å². The lowest BCUT2D eigenvalue weighted by molar-refractivity contribution is -0.142. The molecule has 0 aliphatic carbocycles. The topological polar surface area (TPSA) is 67.2 Å². The van der Waals surface area contributed by atoms with Crippen molar-refractivity contribution < 1.29 is 18.0 Å².